The molecule has 3 nitrogen and oxygen atoms in total. The molecule has 0 aliphatic heterocycles. The van der Waals surface area contributed by atoms with E-state index >= 15 is 0 Å². The minimum absolute atomic E-state index is 0.00960. The van der Waals surface area contributed by atoms with E-state index in [1.165, 1.54) is 18.2 Å². The molecule has 0 radical (unpaired) electrons. The maximum atomic E-state index is 11.7. The largest absolute Gasteiger partial charge is 0.386 e. The average molecular weight is 254 g/mol. The van der Waals surface area contributed by atoms with Crippen molar-refractivity contribution in [1.82, 2.24) is 0 Å². The summed E-state index contributed by atoms with van der Waals surface area (Å²) in [6, 6.07) is 0. The Kier molecular flexibility index (Phi) is 6.50. The maximum absolute atomic E-state index is 11.7. The number of aliphatic hydroxyl groups is 2. The van der Waals surface area contributed by atoms with Crippen molar-refractivity contribution in [2.24, 2.45) is 5.92 Å². The van der Waals surface area contributed by atoms with Gasteiger partial charge in [0.05, 0.1) is 11.2 Å². The molecule has 0 spiro atoms. The first-order valence-corrected chi connectivity index (χ1v) is 6.39. The topological polar surface area (TPSA) is 57.5 Å². The van der Waals surface area contributed by atoms with Crippen LogP contribution >= 0.6 is 0 Å². The molecule has 0 aromatic carbocycles. The smallest absolute Gasteiger partial charge is 0.158 e. The van der Waals surface area contributed by atoms with Crippen LogP contribution in [0, 0.1) is 5.92 Å². The Bertz CT molecular complexity index is 308. The van der Waals surface area contributed by atoms with E-state index in [4.69, 9.17) is 0 Å². The molecular weight excluding hydrogens is 228 g/mol. The van der Waals surface area contributed by atoms with Crippen molar-refractivity contribution in [3.8, 4) is 0 Å². The first-order chi connectivity index (χ1) is 8.07. The number of allylic oxidation sites excluding steroid dienone is 1. The SMILES string of the molecule is C=C[C@@](C)(O)CCC[C@H](C)C(=O)/C=C/C(C)(C)O. The molecule has 3 heteroatoms. The highest BCUT2D eigenvalue weighted by Gasteiger charge is 2.17. The molecule has 0 saturated carbocycles. The lowest BCUT2D eigenvalue weighted by molar-refractivity contribution is -0.118. The Labute approximate surface area is 110 Å². The van der Waals surface area contributed by atoms with Crippen LogP contribution in [0.4, 0.5) is 0 Å². The molecule has 0 amide bonds. The third-order valence-electron chi connectivity index (χ3n) is 2.90. The van der Waals surface area contributed by atoms with Crippen LogP contribution in [0.25, 0.3) is 0 Å². The van der Waals surface area contributed by atoms with Crippen LogP contribution in [0.1, 0.15) is 47.0 Å². The van der Waals surface area contributed by atoms with Crippen LogP contribution in [0.3, 0.4) is 0 Å². The highest BCUT2D eigenvalue weighted by molar-refractivity contribution is 5.91. The van der Waals surface area contributed by atoms with E-state index in [1.807, 2.05) is 6.92 Å². The summed E-state index contributed by atoms with van der Waals surface area (Å²) in [5, 5.41) is 19.2. The van der Waals surface area contributed by atoms with Gasteiger partial charge in [0.15, 0.2) is 5.78 Å². The van der Waals surface area contributed by atoms with E-state index in [2.05, 4.69) is 6.58 Å². The summed E-state index contributed by atoms with van der Waals surface area (Å²) in [4.78, 5) is 11.7. The van der Waals surface area contributed by atoms with Crippen molar-refractivity contribution in [2.45, 2.75) is 58.2 Å². The molecule has 0 rings (SSSR count). The zero-order chi connectivity index (χ0) is 14.4. The van der Waals surface area contributed by atoms with E-state index in [0.29, 0.717) is 6.42 Å². The van der Waals surface area contributed by atoms with E-state index < -0.39 is 11.2 Å². The van der Waals surface area contributed by atoms with Gasteiger partial charge in [-0.3, -0.25) is 4.79 Å². The monoisotopic (exact) mass is 254 g/mol. The molecule has 0 unspecified atom stereocenters. The quantitative estimate of drug-likeness (QED) is 0.517. The van der Waals surface area contributed by atoms with Crippen molar-refractivity contribution in [3.05, 3.63) is 24.8 Å². The van der Waals surface area contributed by atoms with Gasteiger partial charge in [-0.2, -0.15) is 0 Å². The second-order valence-electron chi connectivity index (χ2n) is 5.74. The molecule has 2 N–H and O–H groups in total. The minimum Gasteiger partial charge on any atom is -0.386 e. The normalized spacial score (nSPS) is 17.4. The fourth-order valence-corrected chi connectivity index (χ4v) is 1.46. The number of carbonyl (C=O) groups is 1. The second kappa shape index (κ2) is 6.86. The van der Waals surface area contributed by atoms with E-state index in [0.717, 1.165) is 12.8 Å². The third kappa shape index (κ3) is 8.20. The highest BCUT2D eigenvalue weighted by atomic mass is 16.3. The minimum atomic E-state index is -0.956. The maximum Gasteiger partial charge on any atom is 0.158 e. The molecule has 18 heavy (non-hydrogen) atoms. The molecule has 0 heterocycles. The molecule has 104 valence electrons. The summed E-state index contributed by atoms with van der Waals surface area (Å²) in [5.74, 6) is -0.0837. The van der Waals surface area contributed by atoms with Crippen LogP contribution < -0.4 is 0 Å². The lowest BCUT2D eigenvalue weighted by atomic mass is 9.93. The van der Waals surface area contributed by atoms with Gasteiger partial charge in [0.25, 0.3) is 0 Å². The summed E-state index contributed by atoms with van der Waals surface area (Å²) in [6.07, 6.45) is 6.56. The summed E-state index contributed by atoms with van der Waals surface area (Å²) in [5.41, 5.74) is -1.81. The fourth-order valence-electron chi connectivity index (χ4n) is 1.46. The van der Waals surface area contributed by atoms with Crippen molar-refractivity contribution < 1.29 is 15.0 Å². The Balaban J connectivity index is 4.11. The molecule has 0 aliphatic rings. The summed E-state index contributed by atoms with van der Waals surface area (Å²) < 4.78 is 0. The predicted octanol–water partition coefficient (Wildman–Crippen LogP) is 2.63. The highest BCUT2D eigenvalue weighted by Crippen LogP contribution is 2.18. The Morgan fingerprint density at radius 3 is 2.33 bits per heavy atom. The molecule has 0 fully saturated rings. The lowest BCUT2D eigenvalue weighted by Crippen LogP contribution is -2.21. The summed E-state index contributed by atoms with van der Waals surface area (Å²) >= 11 is 0. The van der Waals surface area contributed by atoms with Gasteiger partial charge in [0, 0.05) is 5.92 Å². The molecular formula is C15H26O3. The van der Waals surface area contributed by atoms with Crippen LogP contribution in [-0.2, 0) is 4.79 Å². The van der Waals surface area contributed by atoms with Gasteiger partial charge in [0.1, 0.15) is 0 Å². The molecule has 0 saturated heterocycles. The van der Waals surface area contributed by atoms with Crippen molar-refractivity contribution in [3.63, 3.8) is 0 Å². The summed E-state index contributed by atoms with van der Waals surface area (Å²) in [7, 11) is 0. The average Bonchev–Trinajstić information content (AvgIpc) is 2.24. The van der Waals surface area contributed by atoms with Gasteiger partial charge in [0.2, 0.25) is 0 Å². The van der Waals surface area contributed by atoms with Crippen molar-refractivity contribution in [2.75, 3.05) is 0 Å². The van der Waals surface area contributed by atoms with Gasteiger partial charge in [-0.25, -0.2) is 0 Å². The molecule has 0 aliphatic carbocycles. The first kappa shape index (κ1) is 17.1. The van der Waals surface area contributed by atoms with Gasteiger partial charge in [-0.15, -0.1) is 6.58 Å². The number of hydrogen-bond donors (Lipinski definition) is 2. The second-order valence-corrected chi connectivity index (χ2v) is 5.74. The standard InChI is InChI=1S/C15H26O3/c1-6-15(5,18)10-7-8-12(2)13(16)9-11-14(3,4)17/h6,9,11-12,17-18H,1,7-8,10H2,2-5H3/b11-9+/t12-,15+/m0/s1. The fraction of sp³-hybridized carbons (Fsp3) is 0.667. The van der Waals surface area contributed by atoms with E-state index in [1.54, 1.807) is 20.8 Å². The zero-order valence-electron chi connectivity index (χ0n) is 11.9. The number of hydrogen-bond acceptors (Lipinski definition) is 3. The van der Waals surface area contributed by atoms with Crippen LogP contribution in [0.15, 0.2) is 24.8 Å². The van der Waals surface area contributed by atoms with Gasteiger partial charge < -0.3 is 10.2 Å². The predicted molar refractivity (Wildman–Crippen MR) is 74.3 cm³/mol. The lowest BCUT2D eigenvalue weighted by Gasteiger charge is -2.19. The summed E-state index contributed by atoms with van der Waals surface area (Å²) in [6.45, 7) is 10.4. The number of ketones is 1. The van der Waals surface area contributed by atoms with Crippen LogP contribution in [-0.4, -0.2) is 27.2 Å². The van der Waals surface area contributed by atoms with Crippen molar-refractivity contribution >= 4 is 5.78 Å². The molecule has 0 aromatic rings. The zero-order valence-corrected chi connectivity index (χ0v) is 11.9. The van der Waals surface area contributed by atoms with Crippen LogP contribution in [0.5, 0.6) is 0 Å². The number of rotatable bonds is 8. The molecule has 0 aromatic heterocycles. The Hall–Kier alpha value is -0.930. The number of carbonyl (C=O) groups excluding carboxylic acids is 1. The Morgan fingerprint density at radius 1 is 1.33 bits per heavy atom. The van der Waals surface area contributed by atoms with Crippen molar-refractivity contribution in [1.29, 1.82) is 0 Å². The van der Waals surface area contributed by atoms with Gasteiger partial charge in [-0.1, -0.05) is 19.1 Å². The van der Waals surface area contributed by atoms with E-state index in [9.17, 15) is 15.0 Å². The van der Waals surface area contributed by atoms with Gasteiger partial charge >= 0.3 is 0 Å². The Morgan fingerprint density at radius 2 is 1.89 bits per heavy atom. The van der Waals surface area contributed by atoms with E-state index in [-0.39, 0.29) is 11.7 Å². The molecule has 2 atom stereocenters. The van der Waals surface area contributed by atoms with Crippen LogP contribution in [0.2, 0.25) is 0 Å². The molecule has 0 bridgehead atoms. The third-order valence-corrected chi connectivity index (χ3v) is 2.90. The first-order valence-electron chi connectivity index (χ1n) is 6.39. The van der Waals surface area contributed by atoms with Gasteiger partial charge in [-0.05, 0) is 46.1 Å².